The second-order valence-electron chi connectivity index (χ2n) is 1.54. The third-order valence-corrected chi connectivity index (χ3v) is 3.24. The summed E-state index contributed by atoms with van der Waals surface area (Å²) in [4.78, 5) is 4.22. The first-order valence-electron chi connectivity index (χ1n) is 2.54. The van der Waals surface area contributed by atoms with Crippen LogP contribution in [0.3, 0.4) is 0 Å². The lowest BCUT2D eigenvalue weighted by molar-refractivity contribution is 1.05. The van der Waals surface area contributed by atoms with Crippen molar-refractivity contribution in [2.24, 2.45) is 0 Å². The quantitative estimate of drug-likeness (QED) is 0.764. The lowest BCUT2D eigenvalue weighted by Crippen LogP contribution is -1.77. The third kappa shape index (κ3) is 1.75. The van der Waals surface area contributed by atoms with E-state index in [0.717, 1.165) is 19.8 Å². The van der Waals surface area contributed by atoms with Crippen LogP contribution in [0.1, 0.15) is 12.6 Å². The van der Waals surface area contributed by atoms with Crippen LogP contribution in [0.25, 0.3) is 0 Å². The van der Waals surface area contributed by atoms with Gasteiger partial charge in [0, 0.05) is 0 Å². The van der Waals surface area contributed by atoms with Crippen molar-refractivity contribution in [3.05, 3.63) is 13.4 Å². The van der Waals surface area contributed by atoms with Crippen LogP contribution in [0.5, 0.6) is 0 Å². The maximum absolute atomic E-state index is 4.22. The molecule has 0 N–H and O–H groups in total. The Hall–Kier alpha value is 0.590. The Morgan fingerprint density at radius 3 is 2.44 bits per heavy atom. The minimum atomic E-state index is 0.950. The zero-order valence-electron chi connectivity index (χ0n) is 4.82. The minimum absolute atomic E-state index is 0.950. The highest BCUT2D eigenvalue weighted by Crippen LogP contribution is 2.28. The predicted molar refractivity (Wildman–Crippen MR) is 46.9 cm³/mol. The molecule has 0 bridgehead atoms. The van der Waals surface area contributed by atoms with Gasteiger partial charge >= 0.3 is 0 Å². The Kier molecular flexibility index (Phi) is 2.67. The Morgan fingerprint density at radius 2 is 2.22 bits per heavy atom. The van der Waals surface area contributed by atoms with Crippen molar-refractivity contribution < 1.29 is 0 Å². The summed E-state index contributed by atoms with van der Waals surface area (Å²) in [6.07, 6.45) is 0.989. The van der Waals surface area contributed by atoms with Crippen LogP contribution in [0.2, 0.25) is 0 Å². The first-order chi connectivity index (χ1) is 4.24. The van der Waals surface area contributed by atoms with Gasteiger partial charge < -0.3 is 0 Å². The molecule has 0 aromatic carbocycles. The maximum atomic E-state index is 4.22. The largest absolute Gasteiger partial charge is 0.233 e. The summed E-state index contributed by atoms with van der Waals surface area (Å²) in [5.41, 5.74) is 1.13. The standard InChI is InChI=1S/C5H5Br2NS/c1-2-3-4(6)9-5(7)8-3/h2H2,1H3. The highest BCUT2D eigenvalue weighted by Gasteiger charge is 2.02. The summed E-state index contributed by atoms with van der Waals surface area (Å²) >= 11 is 8.32. The minimum Gasteiger partial charge on any atom is -0.233 e. The van der Waals surface area contributed by atoms with Gasteiger partial charge in [-0.25, -0.2) is 4.98 Å². The maximum Gasteiger partial charge on any atom is 0.160 e. The first-order valence-corrected chi connectivity index (χ1v) is 4.95. The van der Waals surface area contributed by atoms with Crippen molar-refractivity contribution >= 4 is 43.2 Å². The van der Waals surface area contributed by atoms with E-state index >= 15 is 0 Å². The summed E-state index contributed by atoms with van der Waals surface area (Å²) in [7, 11) is 0. The Balaban J connectivity index is 3.01. The van der Waals surface area contributed by atoms with Crippen LogP contribution < -0.4 is 0 Å². The fraction of sp³-hybridized carbons (Fsp3) is 0.400. The molecule has 0 aliphatic heterocycles. The fourth-order valence-corrected chi connectivity index (χ4v) is 3.32. The average Bonchev–Trinajstić information content (AvgIpc) is 2.10. The van der Waals surface area contributed by atoms with E-state index in [1.54, 1.807) is 11.3 Å². The number of aryl methyl sites for hydroxylation is 1. The van der Waals surface area contributed by atoms with Crippen LogP contribution in [-0.2, 0) is 6.42 Å². The monoisotopic (exact) mass is 269 g/mol. The fourth-order valence-electron chi connectivity index (χ4n) is 0.524. The van der Waals surface area contributed by atoms with Crippen LogP contribution >= 0.6 is 43.2 Å². The van der Waals surface area contributed by atoms with Gasteiger partial charge in [-0.15, -0.1) is 0 Å². The second-order valence-corrected chi connectivity index (χ2v) is 5.13. The Morgan fingerprint density at radius 1 is 1.56 bits per heavy atom. The number of hydrogen-bond donors (Lipinski definition) is 0. The summed E-state index contributed by atoms with van der Waals surface area (Å²) < 4.78 is 2.09. The molecular weight excluding hydrogens is 266 g/mol. The third-order valence-electron chi connectivity index (χ3n) is 0.958. The van der Waals surface area contributed by atoms with Gasteiger partial charge in [-0.05, 0) is 38.3 Å². The van der Waals surface area contributed by atoms with Crippen molar-refractivity contribution in [2.75, 3.05) is 0 Å². The molecule has 1 nitrogen and oxygen atoms in total. The summed E-state index contributed by atoms with van der Waals surface area (Å²) in [5, 5.41) is 0. The van der Waals surface area contributed by atoms with Gasteiger partial charge in [-0.2, -0.15) is 0 Å². The highest BCUT2D eigenvalue weighted by atomic mass is 79.9. The summed E-state index contributed by atoms with van der Waals surface area (Å²) in [5.74, 6) is 0. The number of hydrogen-bond acceptors (Lipinski definition) is 2. The second kappa shape index (κ2) is 3.12. The van der Waals surface area contributed by atoms with E-state index in [9.17, 15) is 0 Å². The van der Waals surface area contributed by atoms with Gasteiger partial charge in [0.1, 0.15) is 0 Å². The molecule has 0 saturated heterocycles. The predicted octanol–water partition coefficient (Wildman–Crippen LogP) is 3.23. The van der Waals surface area contributed by atoms with Crippen molar-refractivity contribution in [3.8, 4) is 0 Å². The smallest absolute Gasteiger partial charge is 0.160 e. The van der Waals surface area contributed by atoms with E-state index in [1.807, 2.05) is 0 Å². The van der Waals surface area contributed by atoms with Crippen LogP contribution in [0.4, 0.5) is 0 Å². The number of thiazole rings is 1. The molecule has 0 saturated carbocycles. The Labute approximate surface area is 74.8 Å². The molecule has 0 amide bonds. The molecule has 9 heavy (non-hydrogen) atoms. The van der Waals surface area contributed by atoms with E-state index in [1.165, 1.54) is 0 Å². The van der Waals surface area contributed by atoms with Gasteiger partial charge in [0.05, 0.1) is 9.48 Å². The number of halogens is 2. The van der Waals surface area contributed by atoms with Crippen LogP contribution in [0.15, 0.2) is 7.70 Å². The number of nitrogens with zero attached hydrogens (tertiary/aromatic N) is 1. The molecular formula is C5H5Br2NS. The molecule has 4 heteroatoms. The zero-order valence-corrected chi connectivity index (χ0v) is 8.81. The van der Waals surface area contributed by atoms with E-state index in [2.05, 4.69) is 43.8 Å². The van der Waals surface area contributed by atoms with Crippen LogP contribution in [0, 0.1) is 0 Å². The van der Waals surface area contributed by atoms with Crippen molar-refractivity contribution in [2.45, 2.75) is 13.3 Å². The zero-order chi connectivity index (χ0) is 6.85. The molecule has 0 fully saturated rings. The van der Waals surface area contributed by atoms with Gasteiger partial charge in [0.2, 0.25) is 0 Å². The van der Waals surface area contributed by atoms with Crippen molar-refractivity contribution in [1.82, 2.24) is 4.98 Å². The Bertz CT molecular complexity index is 209. The molecule has 1 rings (SSSR count). The lowest BCUT2D eigenvalue weighted by atomic mass is 10.4. The molecule has 0 radical (unpaired) electrons. The topological polar surface area (TPSA) is 12.9 Å². The molecule has 50 valence electrons. The molecule has 0 aliphatic rings. The van der Waals surface area contributed by atoms with Gasteiger partial charge in [-0.1, -0.05) is 18.3 Å². The molecule has 1 aromatic heterocycles. The highest BCUT2D eigenvalue weighted by molar-refractivity contribution is 9.12. The molecule has 1 heterocycles. The molecule has 1 aromatic rings. The van der Waals surface area contributed by atoms with E-state index in [0.29, 0.717) is 0 Å². The number of rotatable bonds is 1. The first kappa shape index (κ1) is 7.69. The van der Waals surface area contributed by atoms with E-state index in [-0.39, 0.29) is 0 Å². The van der Waals surface area contributed by atoms with E-state index < -0.39 is 0 Å². The summed E-state index contributed by atoms with van der Waals surface area (Å²) in [6, 6.07) is 0. The van der Waals surface area contributed by atoms with E-state index in [4.69, 9.17) is 0 Å². The van der Waals surface area contributed by atoms with Gasteiger partial charge in [-0.3, -0.25) is 0 Å². The SMILES string of the molecule is CCc1nc(Br)sc1Br. The van der Waals surface area contributed by atoms with Crippen molar-refractivity contribution in [1.29, 1.82) is 0 Å². The van der Waals surface area contributed by atoms with Crippen LogP contribution in [-0.4, -0.2) is 4.98 Å². The lowest BCUT2D eigenvalue weighted by Gasteiger charge is -1.83. The van der Waals surface area contributed by atoms with Gasteiger partial charge in [0.15, 0.2) is 3.92 Å². The average molecular weight is 271 g/mol. The normalized spacial score (nSPS) is 10.1. The van der Waals surface area contributed by atoms with Gasteiger partial charge in [0.25, 0.3) is 0 Å². The molecule has 0 unspecified atom stereocenters. The molecule has 0 aliphatic carbocycles. The molecule has 0 spiro atoms. The molecule has 0 atom stereocenters. The number of aromatic nitrogens is 1. The summed E-state index contributed by atoms with van der Waals surface area (Å²) in [6.45, 7) is 2.09. The van der Waals surface area contributed by atoms with Crippen molar-refractivity contribution in [3.63, 3.8) is 0 Å².